The lowest BCUT2D eigenvalue weighted by Gasteiger charge is -2.35. The van der Waals surface area contributed by atoms with Crippen LogP contribution in [0.3, 0.4) is 0 Å². The molecule has 2 atom stereocenters. The van der Waals surface area contributed by atoms with Crippen molar-refractivity contribution in [2.45, 2.75) is 25.0 Å². The van der Waals surface area contributed by atoms with Gasteiger partial charge in [-0.3, -0.25) is 0 Å². The zero-order chi connectivity index (χ0) is 13.2. The third kappa shape index (κ3) is 2.20. The maximum absolute atomic E-state index is 5.86. The van der Waals surface area contributed by atoms with Gasteiger partial charge >= 0.3 is 0 Å². The van der Waals surface area contributed by atoms with Crippen molar-refractivity contribution in [3.8, 4) is 0 Å². The number of fused-ring (bicyclic) bond motifs is 1. The Bertz CT molecular complexity index is 561. The predicted octanol–water partition coefficient (Wildman–Crippen LogP) is 3.03. The van der Waals surface area contributed by atoms with Crippen molar-refractivity contribution in [3.05, 3.63) is 59.0 Å². The SMILES string of the molecule is CNC(c1ccc(COC)o1)C1Cc2ccccc21. The van der Waals surface area contributed by atoms with E-state index >= 15 is 0 Å². The van der Waals surface area contributed by atoms with Gasteiger partial charge < -0.3 is 14.5 Å². The summed E-state index contributed by atoms with van der Waals surface area (Å²) in [6.45, 7) is 0.525. The maximum atomic E-state index is 5.86. The van der Waals surface area contributed by atoms with Crippen molar-refractivity contribution >= 4 is 0 Å². The minimum Gasteiger partial charge on any atom is -0.462 e. The van der Waals surface area contributed by atoms with E-state index in [9.17, 15) is 0 Å². The first-order valence-corrected chi connectivity index (χ1v) is 6.66. The summed E-state index contributed by atoms with van der Waals surface area (Å²) in [5.41, 5.74) is 2.89. The van der Waals surface area contributed by atoms with Gasteiger partial charge in [-0.15, -0.1) is 0 Å². The lowest BCUT2D eigenvalue weighted by molar-refractivity contribution is 0.160. The van der Waals surface area contributed by atoms with Crippen LogP contribution in [0.4, 0.5) is 0 Å². The maximum Gasteiger partial charge on any atom is 0.129 e. The van der Waals surface area contributed by atoms with Crippen LogP contribution in [0, 0.1) is 0 Å². The first-order chi connectivity index (χ1) is 9.33. The summed E-state index contributed by atoms with van der Waals surface area (Å²) >= 11 is 0. The molecule has 0 saturated heterocycles. The molecule has 3 heteroatoms. The van der Waals surface area contributed by atoms with Crippen LogP contribution in [0.1, 0.15) is 34.6 Å². The van der Waals surface area contributed by atoms with E-state index in [4.69, 9.17) is 9.15 Å². The van der Waals surface area contributed by atoms with Crippen molar-refractivity contribution in [3.63, 3.8) is 0 Å². The number of hydrogen-bond acceptors (Lipinski definition) is 3. The van der Waals surface area contributed by atoms with Crippen molar-refractivity contribution in [1.82, 2.24) is 5.32 Å². The molecule has 2 aromatic rings. The number of likely N-dealkylation sites (N-methyl/N-ethyl adjacent to an activating group) is 1. The molecule has 0 aliphatic heterocycles. The summed E-state index contributed by atoms with van der Waals surface area (Å²) in [6.07, 6.45) is 1.11. The minimum atomic E-state index is 0.237. The Morgan fingerprint density at radius 2 is 2.16 bits per heavy atom. The Morgan fingerprint density at radius 1 is 1.32 bits per heavy atom. The molecule has 1 aromatic heterocycles. The number of benzene rings is 1. The van der Waals surface area contributed by atoms with Crippen LogP contribution in [0.15, 0.2) is 40.8 Å². The highest BCUT2D eigenvalue weighted by molar-refractivity contribution is 5.42. The molecule has 3 rings (SSSR count). The van der Waals surface area contributed by atoms with Gasteiger partial charge in [-0.05, 0) is 36.7 Å². The van der Waals surface area contributed by atoms with Gasteiger partial charge in [0.15, 0.2) is 0 Å². The molecule has 0 radical (unpaired) electrons. The average molecular weight is 257 g/mol. The summed E-state index contributed by atoms with van der Waals surface area (Å²) in [7, 11) is 3.67. The van der Waals surface area contributed by atoms with Crippen molar-refractivity contribution in [1.29, 1.82) is 0 Å². The molecule has 100 valence electrons. The Hall–Kier alpha value is -1.58. The largest absolute Gasteiger partial charge is 0.462 e. The lowest BCUT2D eigenvalue weighted by atomic mass is 9.73. The third-order valence-electron chi connectivity index (χ3n) is 3.88. The van der Waals surface area contributed by atoms with Gasteiger partial charge in [0.25, 0.3) is 0 Å². The van der Waals surface area contributed by atoms with Crippen LogP contribution >= 0.6 is 0 Å². The Balaban J connectivity index is 1.82. The summed E-state index contributed by atoms with van der Waals surface area (Å²) < 4.78 is 11.0. The second kappa shape index (κ2) is 5.19. The van der Waals surface area contributed by atoms with Crippen molar-refractivity contribution in [2.24, 2.45) is 0 Å². The molecule has 2 unspecified atom stereocenters. The molecule has 0 saturated carbocycles. The van der Waals surface area contributed by atoms with E-state index < -0.39 is 0 Å². The fourth-order valence-corrected chi connectivity index (χ4v) is 2.92. The molecule has 0 bridgehead atoms. The number of ether oxygens (including phenoxy) is 1. The first-order valence-electron chi connectivity index (χ1n) is 6.66. The van der Waals surface area contributed by atoms with Gasteiger partial charge in [0.05, 0.1) is 6.04 Å². The van der Waals surface area contributed by atoms with E-state index in [1.165, 1.54) is 11.1 Å². The van der Waals surface area contributed by atoms with Crippen LogP contribution in [0.25, 0.3) is 0 Å². The van der Waals surface area contributed by atoms with Gasteiger partial charge in [0.1, 0.15) is 18.1 Å². The minimum absolute atomic E-state index is 0.237. The van der Waals surface area contributed by atoms with Crippen LogP contribution in [0.5, 0.6) is 0 Å². The Labute approximate surface area is 113 Å². The van der Waals surface area contributed by atoms with E-state index in [1.54, 1.807) is 7.11 Å². The van der Waals surface area contributed by atoms with Crippen molar-refractivity contribution in [2.75, 3.05) is 14.2 Å². The number of nitrogens with one attached hydrogen (secondary N) is 1. The summed E-state index contributed by atoms with van der Waals surface area (Å²) in [5, 5.41) is 3.38. The quantitative estimate of drug-likeness (QED) is 0.894. The summed E-state index contributed by atoms with van der Waals surface area (Å²) in [6, 6.07) is 12.9. The molecular formula is C16H19NO2. The van der Waals surface area contributed by atoms with E-state index in [2.05, 4.69) is 35.6 Å². The molecule has 1 heterocycles. The summed E-state index contributed by atoms with van der Waals surface area (Å²) in [4.78, 5) is 0. The molecule has 0 spiro atoms. The van der Waals surface area contributed by atoms with E-state index in [0.29, 0.717) is 12.5 Å². The smallest absolute Gasteiger partial charge is 0.129 e. The van der Waals surface area contributed by atoms with Crippen LogP contribution in [-0.2, 0) is 17.8 Å². The third-order valence-corrected chi connectivity index (χ3v) is 3.88. The second-order valence-electron chi connectivity index (χ2n) is 5.01. The monoisotopic (exact) mass is 257 g/mol. The van der Waals surface area contributed by atoms with Crippen LogP contribution in [0.2, 0.25) is 0 Å². The second-order valence-corrected chi connectivity index (χ2v) is 5.01. The highest BCUT2D eigenvalue weighted by atomic mass is 16.5. The molecule has 1 aliphatic carbocycles. The zero-order valence-corrected chi connectivity index (χ0v) is 11.3. The Morgan fingerprint density at radius 3 is 2.89 bits per heavy atom. The van der Waals surface area contributed by atoms with Gasteiger partial charge in [-0.2, -0.15) is 0 Å². The Kier molecular flexibility index (Phi) is 3.40. The first kappa shape index (κ1) is 12.5. The molecule has 0 fully saturated rings. The highest BCUT2D eigenvalue weighted by Crippen LogP contribution is 2.43. The number of furan rings is 1. The topological polar surface area (TPSA) is 34.4 Å². The van der Waals surface area contributed by atoms with E-state index in [-0.39, 0.29) is 6.04 Å². The van der Waals surface area contributed by atoms with E-state index in [0.717, 1.165) is 17.9 Å². The standard InChI is InChI=1S/C16H19NO2/c1-17-16(15-8-7-12(19-15)10-18-2)14-9-11-5-3-4-6-13(11)14/h3-8,14,16-17H,9-10H2,1-2H3. The predicted molar refractivity (Wildman–Crippen MR) is 74.1 cm³/mol. The fourth-order valence-electron chi connectivity index (χ4n) is 2.92. The molecule has 1 aromatic carbocycles. The fraction of sp³-hybridized carbons (Fsp3) is 0.375. The average Bonchev–Trinajstić information content (AvgIpc) is 2.85. The molecular weight excluding hydrogens is 238 g/mol. The van der Waals surface area contributed by atoms with Gasteiger partial charge in [-0.1, -0.05) is 24.3 Å². The lowest BCUT2D eigenvalue weighted by Crippen LogP contribution is -2.31. The zero-order valence-electron chi connectivity index (χ0n) is 11.3. The molecule has 1 N–H and O–H groups in total. The number of hydrogen-bond donors (Lipinski definition) is 1. The number of methoxy groups -OCH3 is 1. The van der Waals surface area contributed by atoms with Gasteiger partial charge in [0.2, 0.25) is 0 Å². The normalized spacial score (nSPS) is 18.7. The molecule has 1 aliphatic rings. The molecule has 3 nitrogen and oxygen atoms in total. The summed E-state index contributed by atoms with van der Waals surface area (Å²) in [5.74, 6) is 2.38. The van der Waals surface area contributed by atoms with Crippen LogP contribution in [-0.4, -0.2) is 14.2 Å². The van der Waals surface area contributed by atoms with Gasteiger partial charge in [-0.25, -0.2) is 0 Å². The van der Waals surface area contributed by atoms with Gasteiger partial charge in [0, 0.05) is 13.0 Å². The van der Waals surface area contributed by atoms with Crippen molar-refractivity contribution < 1.29 is 9.15 Å². The van der Waals surface area contributed by atoms with Crippen LogP contribution < -0.4 is 5.32 Å². The highest BCUT2D eigenvalue weighted by Gasteiger charge is 2.34. The molecule has 0 amide bonds. The number of rotatable bonds is 5. The van der Waals surface area contributed by atoms with E-state index in [1.807, 2.05) is 13.1 Å². The molecule has 19 heavy (non-hydrogen) atoms.